The van der Waals surface area contributed by atoms with Gasteiger partial charge in [-0.05, 0) is 73.9 Å². The summed E-state index contributed by atoms with van der Waals surface area (Å²) in [6, 6.07) is 14.3. The highest BCUT2D eigenvalue weighted by molar-refractivity contribution is 6.31. The molecule has 5 amide bonds. The van der Waals surface area contributed by atoms with Crippen LogP contribution in [0, 0.1) is 0 Å². The maximum absolute atomic E-state index is 13.3. The fourth-order valence-corrected chi connectivity index (χ4v) is 8.37. The summed E-state index contributed by atoms with van der Waals surface area (Å²) in [7, 11) is 3.44. The lowest BCUT2D eigenvalue weighted by Crippen LogP contribution is -3.00. The summed E-state index contributed by atoms with van der Waals surface area (Å²) < 4.78 is 12.2. The lowest BCUT2D eigenvalue weighted by Gasteiger charge is -2.45. The highest BCUT2D eigenvalue weighted by Gasteiger charge is 2.36. The quantitative estimate of drug-likeness (QED) is 0.0948. The average Bonchev–Trinajstić information content (AvgIpc) is 3.72. The van der Waals surface area contributed by atoms with E-state index in [1.807, 2.05) is 48.5 Å². The Morgan fingerprint density at radius 3 is 1.70 bits per heavy atom. The maximum Gasteiger partial charge on any atom is 0.274 e. The number of aryl methyl sites for hydroxylation is 2. The number of ether oxygens (including phenoxy) is 2. The zero-order valence-electron chi connectivity index (χ0n) is 34.7. The van der Waals surface area contributed by atoms with Crippen LogP contribution in [-0.2, 0) is 32.0 Å². The second-order valence-corrected chi connectivity index (χ2v) is 16.4. The number of nitrogen functional groups attached to an aromatic ring is 2. The smallest absolute Gasteiger partial charge is 0.274 e. The number of likely N-dealkylation sites (N-methyl/N-ethyl adjacent to an activating group) is 2. The third-order valence-corrected chi connectivity index (χ3v) is 11.8. The van der Waals surface area contributed by atoms with Crippen LogP contribution in [0.4, 0.5) is 11.6 Å². The number of carbonyl (C=O) groups is 5. The summed E-state index contributed by atoms with van der Waals surface area (Å²) in [4.78, 5) is 73.7. The molecule has 3 aliphatic rings. The zero-order valence-corrected chi connectivity index (χ0v) is 36.2. The van der Waals surface area contributed by atoms with Crippen LogP contribution in [0.25, 0.3) is 0 Å². The van der Waals surface area contributed by atoms with Crippen LogP contribution < -0.4 is 49.3 Å². The molecule has 3 fully saturated rings. The summed E-state index contributed by atoms with van der Waals surface area (Å²) in [6.45, 7) is 4.39. The number of halogens is 2. The van der Waals surface area contributed by atoms with E-state index in [0.717, 1.165) is 80.3 Å². The Bertz CT molecular complexity index is 1930. The van der Waals surface area contributed by atoms with Crippen molar-refractivity contribution in [2.45, 2.75) is 69.5 Å². The van der Waals surface area contributed by atoms with Crippen LogP contribution in [0.2, 0.25) is 5.15 Å². The molecule has 0 bridgehead atoms. The molecule has 0 radical (unpaired) electrons. The largest absolute Gasteiger partial charge is 1.00 e. The number of nitrogens with one attached hydrogen (secondary N) is 3. The minimum atomic E-state index is -0.500. The zero-order chi connectivity index (χ0) is 42.8. The number of likely N-dealkylation sites (tertiary alicyclic amines) is 3. The van der Waals surface area contributed by atoms with E-state index in [1.165, 1.54) is 0 Å². The van der Waals surface area contributed by atoms with E-state index < -0.39 is 18.0 Å². The number of aromatic nitrogens is 2. The van der Waals surface area contributed by atoms with E-state index in [4.69, 9.17) is 32.5 Å². The number of amides is 5. The molecule has 3 saturated heterocycles. The van der Waals surface area contributed by atoms with Gasteiger partial charge in [-0.2, -0.15) is 0 Å². The molecule has 330 valence electrons. The van der Waals surface area contributed by atoms with Gasteiger partial charge in [-0.3, -0.25) is 24.0 Å². The Kier molecular flexibility index (Phi) is 16.4. The Hall–Kier alpha value is -5.39. The van der Waals surface area contributed by atoms with Gasteiger partial charge in [0.2, 0.25) is 11.8 Å². The number of rotatable bonds is 18. The average molecular weight is 884 g/mol. The van der Waals surface area contributed by atoms with Gasteiger partial charge in [0.25, 0.3) is 17.7 Å². The molecular formula is C42H56Cl2N10O7. The van der Waals surface area contributed by atoms with Gasteiger partial charge in [-0.15, -0.1) is 0 Å². The van der Waals surface area contributed by atoms with Gasteiger partial charge >= 0.3 is 0 Å². The second-order valence-electron chi connectivity index (χ2n) is 16.1. The summed E-state index contributed by atoms with van der Waals surface area (Å²) in [5.74, 6) is -0.241. The maximum atomic E-state index is 13.3. The summed E-state index contributed by atoms with van der Waals surface area (Å²) >= 11 is 6.07. The summed E-state index contributed by atoms with van der Waals surface area (Å²) in [6.07, 6.45) is 6.39. The molecule has 6 rings (SSSR count). The molecule has 3 aromatic rings. The lowest BCUT2D eigenvalue weighted by atomic mass is 9.99. The number of hydrogen-bond donors (Lipinski definition) is 5. The van der Waals surface area contributed by atoms with Gasteiger partial charge in [0.1, 0.15) is 23.6 Å². The molecule has 0 saturated carbocycles. The van der Waals surface area contributed by atoms with Gasteiger partial charge in [-0.1, -0.05) is 35.9 Å². The fraction of sp³-hybridized carbons (Fsp3) is 0.500. The van der Waals surface area contributed by atoms with Crippen LogP contribution in [0.5, 0.6) is 11.5 Å². The summed E-state index contributed by atoms with van der Waals surface area (Å²) in [5.41, 5.74) is 14.0. The first-order valence-corrected chi connectivity index (χ1v) is 20.9. The van der Waals surface area contributed by atoms with Gasteiger partial charge in [0, 0.05) is 40.0 Å². The fourth-order valence-electron chi connectivity index (χ4n) is 8.25. The number of hydrogen-bond acceptors (Lipinski definition) is 11. The first-order chi connectivity index (χ1) is 28.8. The number of piperidine rings is 1. The SMILES string of the molecule is CN1CCC(NC(=O)COc2ccc(CCC[N+]3(CCCc4ccc(OCC(=O)NC5CCN(C)C5=O)cc4)CCC[C@H](NC(=O)c4nc(Cl)c(N)nc4N)C3)cc2)C1=O.[Cl-]. The predicted octanol–water partition coefficient (Wildman–Crippen LogP) is -1.28. The molecule has 3 aliphatic heterocycles. The van der Waals surface area contributed by atoms with Gasteiger partial charge in [0.05, 0.1) is 32.2 Å². The Labute approximate surface area is 367 Å². The monoisotopic (exact) mass is 882 g/mol. The number of nitrogens with zero attached hydrogens (tertiary/aromatic N) is 5. The molecule has 7 N–H and O–H groups in total. The van der Waals surface area contributed by atoms with E-state index in [9.17, 15) is 24.0 Å². The number of nitrogens with two attached hydrogens (primary N) is 2. The lowest BCUT2D eigenvalue weighted by molar-refractivity contribution is -0.933. The van der Waals surface area contributed by atoms with Crippen molar-refractivity contribution in [3.8, 4) is 11.5 Å². The topological polar surface area (TPSA) is 224 Å². The molecule has 4 heterocycles. The third kappa shape index (κ3) is 12.8. The van der Waals surface area contributed by atoms with Crippen molar-refractivity contribution >= 4 is 52.8 Å². The molecule has 0 spiro atoms. The number of anilines is 2. The molecule has 2 aromatic carbocycles. The highest BCUT2D eigenvalue weighted by atomic mass is 35.5. The Morgan fingerprint density at radius 2 is 1.25 bits per heavy atom. The minimum absolute atomic E-state index is 0. The molecule has 61 heavy (non-hydrogen) atoms. The van der Waals surface area contributed by atoms with Crippen LogP contribution in [0.3, 0.4) is 0 Å². The first-order valence-electron chi connectivity index (χ1n) is 20.5. The molecule has 3 atom stereocenters. The van der Waals surface area contributed by atoms with Crippen molar-refractivity contribution in [3.63, 3.8) is 0 Å². The Morgan fingerprint density at radius 1 is 0.754 bits per heavy atom. The van der Waals surface area contributed by atoms with Crippen LogP contribution in [-0.4, -0.2) is 138 Å². The van der Waals surface area contributed by atoms with Gasteiger partial charge in [-0.25, -0.2) is 9.97 Å². The number of benzene rings is 2. The molecule has 2 unspecified atom stereocenters. The van der Waals surface area contributed by atoms with E-state index >= 15 is 0 Å². The van der Waals surface area contributed by atoms with E-state index in [0.29, 0.717) is 37.4 Å². The van der Waals surface area contributed by atoms with Crippen molar-refractivity contribution in [2.24, 2.45) is 0 Å². The standard InChI is InChI=1S/C42H55ClN10O7.ClH/c1-51-19-17-32(41(51)57)47-34(54)25-59-30-13-9-27(10-14-30)6-3-21-53(23-5-8-29(24-53)46-40(56)36-38(44)50-39(45)37(43)49-36)22-4-7-28-11-15-31(16-12-28)60-26-35(55)48-33-18-20-52(2)42(33)58;/h9-16,29,32-33H,3-8,17-26H2,1-2H3,(H6-,44,45,46,47,48,50,54,55,56);1H/t29-,32?,33?,53?;/m0./s1. The Balaban J connectivity index is 0.00000704. The van der Waals surface area contributed by atoms with Crippen molar-refractivity contribution in [2.75, 3.05) is 78.0 Å². The van der Waals surface area contributed by atoms with Crippen molar-refractivity contribution < 1.29 is 50.3 Å². The van der Waals surface area contributed by atoms with E-state index in [-0.39, 0.29) is 77.8 Å². The van der Waals surface area contributed by atoms with E-state index in [1.54, 1.807) is 23.9 Å². The minimum Gasteiger partial charge on any atom is -1.00 e. The molecule has 1 aromatic heterocycles. The van der Waals surface area contributed by atoms with Gasteiger partial charge < -0.3 is 63.6 Å². The molecular weight excluding hydrogens is 827 g/mol. The van der Waals surface area contributed by atoms with Crippen LogP contribution in [0.15, 0.2) is 48.5 Å². The molecule has 0 aliphatic carbocycles. The van der Waals surface area contributed by atoms with Crippen molar-refractivity contribution in [3.05, 3.63) is 70.5 Å². The predicted molar refractivity (Wildman–Crippen MR) is 225 cm³/mol. The second kappa shape index (κ2) is 21.4. The number of carbonyl (C=O) groups excluding carboxylic acids is 5. The van der Waals surface area contributed by atoms with Crippen LogP contribution in [0.1, 0.15) is 60.1 Å². The van der Waals surface area contributed by atoms with Crippen molar-refractivity contribution in [1.82, 2.24) is 35.7 Å². The normalized spacial score (nSPS) is 21.1. The molecule has 19 heteroatoms. The van der Waals surface area contributed by atoms with Gasteiger partial charge in [0.15, 0.2) is 35.7 Å². The van der Waals surface area contributed by atoms with Crippen LogP contribution >= 0.6 is 11.6 Å². The summed E-state index contributed by atoms with van der Waals surface area (Å²) in [5, 5.41) is 8.56. The van der Waals surface area contributed by atoms with Crippen molar-refractivity contribution in [1.29, 1.82) is 0 Å². The highest BCUT2D eigenvalue weighted by Crippen LogP contribution is 2.25. The third-order valence-electron chi connectivity index (χ3n) is 11.6. The molecule has 17 nitrogen and oxygen atoms in total. The number of quaternary nitrogens is 1. The van der Waals surface area contributed by atoms with E-state index in [2.05, 4.69) is 25.9 Å². The first kappa shape index (κ1) is 46.7.